The molecule has 2 aromatic rings. The van der Waals surface area contributed by atoms with Crippen LogP contribution in [0.25, 0.3) is 11.5 Å². The molecule has 0 radical (unpaired) electrons. The van der Waals surface area contributed by atoms with Gasteiger partial charge in [-0.2, -0.15) is 0 Å². The van der Waals surface area contributed by atoms with Crippen molar-refractivity contribution in [1.82, 2.24) is 15.3 Å². The van der Waals surface area contributed by atoms with Crippen LogP contribution in [0.1, 0.15) is 24.4 Å². The highest BCUT2D eigenvalue weighted by Crippen LogP contribution is 2.21. The van der Waals surface area contributed by atoms with Crippen LogP contribution in [0.5, 0.6) is 0 Å². The van der Waals surface area contributed by atoms with Gasteiger partial charge < -0.3 is 9.73 Å². The minimum Gasteiger partial charge on any atom is -0.460 e. The Kier molecular flexibility index (Phi) is 3.60. The smallest absolute Gasteiger partial charge is 0.152 e. The number of rotatable bonds is 3. The molecule has 0 aromatic carbocycles. The summed E-state index contributed by atoms with van der Waals surface area (Å²) in [6.45, 7) is 4.17. The average Bonchev–Trinajstić information content (AvgIpc) is 2.87. The molecule has 1 aliphatic rings. The van der Waals surface area contributed by atoms with E-state index in [0.29, 0.717) is 5.92 Å². The Hall–Kier alpha value is -1.68. The van der Waals surface area contributed by atoms with E-state index in [1.807, 2.05) is 31.3 Å². The van der Waals surface area contributed by atoms with Crippen molar-refractivity contribution in [2.24, 2.45) is 5.92 Å². The van der Waals surface area contributed by atoms with Gasteiger partial charge in [0.1, 0.15) is 17.3 Å². The molecule has 3 heterocycles. The molecule has 0 aliphatic carbocycles. The largest absolute Gasteiger partial charge is 0.460 e. The molecule has 0 unspecified atom stereocenters. The minimum atomic E-state index is 0.704. The highest BCUT2D eigenvalue weighted by atomic mass is 16.3. The van der Waals surface area contributed by atoms with E-state index in [2.05, 4.69) is 15.3 Å². The first-order chi connectivity index (χ1) is 9.31. The van der Waals surface area contributed by atoms with Crippen molar-refractivity contribution in [2.45, 2.75) is 26.2 Å². The molecule has 0 spiro atoms. The van der Waals surface area contributed by atoms with Gasteiger partial charge in [-0.05, 0) is 57.0 Å². The van der Waals surface area contributed by atoms with E-state index in [1.165, 1.54) is 12.8 Å². The highest BCUT2D eigenvalue weighted by molar-refractivity contribution is 5.51. The Morgan fingerprint density at radius 2 is 2.11 bits per heavy atom. The quantitative estimate of drug-likeness (QED) is 0.918. The third-order valence-corrected chi connectivity index (χ3v) is 3.63. The SMILES string of the molecule is Cc1ccc(-c2ccnc(CC3CCNCC3)n2)o1. The first-order valence-electron chi connectivity index (χ1n) is 6.91. The predicted octanol–water partition coefficient (Wildman–Crippen LogP) is 2.59. The topological polar surface area (TPSA) is 51.0 Å². The monoisotopic (exact) mass is 257 g/mol. The third-order valence-electron chi connectivity index (χ3n) is 3.63. The van der Waals surface area contributed by atoms with E-state index in [-0.39, 0.29) is 0 Å². The van der Waals surface area contributed by atoms with Gasteiger partial charge in [-0.3, -0.25) is 0 Å². The molecule has 1 fully saturated rings. The van der Waals surface area contributed by atoms with Crippen molar-refractivity contribution in [3.8, 4) is 11.5 Å². The van der Waals surface area contributed by atoms with E-state index in [4.69, 9.17) is 4.42 Å². The molecule has 3 rings (SSSR count). The fraction of sp³-hybridized carbons (Fsp3) is 0.467. The summed E-state index contributed by atoms with van der Waals surface area (Å²) in [7, 11) is 0. The van der Waals surface area contributed by atoms with Crippen molar-refractivity contribution in [3.05, 3.63) is 36.0 Å². The summed E-state index contributed by atoms with van der Waals surface area (Å²) in [5.74, 6) is 3.37. The Morgan fingerprint density at radius 1 is 1.26 bits per heavy atom. The van der Waals surface area contributed by atoms with E-state index in [9.17, 15) is 0 Å². The Labute approximate surface area is 113 Å². The van der Waals surface area contributed by atoms with Gasteiger partial charge in [0, 0.05) is 12.6 Å². The standard InChI is InChI=1S/C15H19N3O/c1-11-2-3-14(19-11)13-6-9-17-15(18-13)10-12-4-7-16-8-5-12/h2-3,6,9,12,16H,4-5,7-8,10H2,1H3. The van der Waals surface area contributed by atoms with Crippen molar-refractivity contribution < 1.29 is 4.42 Å². The lowest BCUT2D eigenvalue weighted by Crippen LogP contribution is -2.29. The second-order valence-corrected chi connectivity index (χ2v) is 5.17. The summed E-state index contributed by atoms with van der Waals surface area (Å²) in [4.78, 5) is 9.02. The number of hydrogen-bond acceptors (Lipinski definition) is 4. The van der Waals surface area contributed by atoms with E-state index in [1.54, 1.807) is 0 Å². The lowest BCUT2D eigenvalue weighted by atomic mass is 9.94. The summed E-state index contributed by atoms with van der Waals surface area (Å²) < 4.78 is 5.61. The number of hydrogen-bond donors (Lipinski definition) is 1. The van der Waals surface area contributed by atoms with Crippen molar-refractivity contribution in [2.75, 3.05) is 13.1 Å². The van der Waals surface area contributed by atoms with Crippen LogP contribution < -0.4 is 5.32 Å². The zero-order valence-corrected chi connectivity index (χ0v) is 11.2. The molecule has 100 valence electrons. The summed E-state index contributed by atoms with van der Waals surface area (Å²) in [5.41, 5.74) is 0.882. The Bertz CT molecular complexity index is 544. The summed E-state index contributed by atoms with van der Waals surface area (Å²) in [5, 5.41) is 3.38. The number of nitrogens with one attached hydrogen (secondary N) is 1. The van der Waals surface area contributed by atoms with E-state index < -0.39 is 0 Å². The first-order valence-corrected chi connectivity index (χ1v) is 6.91. The molecule has 0 bridgehead atoms. The van der Waals surface area contributed by atoms with Gasteiger partial charge in [-0.15, -0.1) is 0 Å². The fourth-order valence-corrected chi connectivity index (χ4v) is 2.55. The zero-order valence-electron chi connectivity index (χ0n) is 11.2. The van der Waals surface area contributed by atoms with Crippen LogP contribution in [0, 0.1) is 12.8 Å². The molecule has 0 saturated carbocycles. The van der Waals surface area contributed by atoms with Crippen LogP contribution in [0.15, 0.2) is 28.8 Å². The molecule has 1 saturated heterocycles. The lowest BCUT2D eigenvalue weighted by molar-refractivity contribution is 0.367. The minimum absolute atomic E-state index is 0.704. The molecule has 0 amide bonds. The maximum absolute atomic E-state index is 5.61. The molecule has 19 heavy (non-hydrogen) atoms. The molecule has 4 heteroatoms. The lowest BCUT2D eigenvalue weighted by Gasteiger charge is -2.21. The van der Waals surface area contributed by atoms with Crippen LogP contribution in [0.3, 0.4) is 0 Å². The maximum Gasteiger partial charge on any atom is 0.152 e. The molecule has 0 atom stereocenters. The number of aromatic nitrogens is 2. The second kappa shape index (κ2) is 5.53. The Balaban J connectivity index is 1.75. The van der Waals surface area contributed by atoms with Gasteiger partial charge in [-0.1, -0.05) is 0 Å². The maximum atomic E-state index is 5.61. The molecule has 1 aliphatic heterocycles. The second-order valence-electron chi connectivity index (χ2n) is 5.17. The van der Waals surface area contributed by atoms with Crippen LogP contribution in [-0.4, -0.2) is 23.1 Å². The van der Waals surface area contributed by atoms with E-state index in [0.717, 1.165) is 42.5 Å². The van der Waals surface area contributed by atoms with Gasteiger partial charge in [0.2, 0.25) is 0 Å². The van der Waals surface area contributed by atoms with Gasteiger partial charge in [0.25, 0.3) is 0 Å². The number of furan rings is 1. The highest BCUT2D eigenvalue weighted by Gasteiger charge is 2.15. The zero-order chi connectivity index (χ0) is 13.1. The van der Waals surface area contributed by atoms with Gasteiger partial charge >= 0.3 is 0 Å². The van der Waals surface area contributed by atoms with Gasteiger partial charge in [0.15, 0.2) is 5.76 Å². The third kappa shape index (κ3) is 3.01. The number of piperidine rings is 1. The number of nitrogens with zero attached hydrogens (tertiary/aromatic N) is 2. The average molecular weight is 257 g/mol. The first kappa shape index (κ1) is 12.4. The number of aryl methyl sites for hydroxylation is 1. The van der Waals surface area contributed by atoms with Gasteiger partial charge in [0.05, 0.1) is 0 Å². The molecule has 1 N–H and O–H groups in total. The molecule has 4 nitrogen and oxygen atoms in total. The summed E-state index contributed by atoms with van der Waals surface area (Å²) in [6.07, 6.45) is 5.23. The van der Waals surface area contributed by atoms with Crippen molar-refractivity contribution in [3.63, 3.8) is 0 Å². The van der Waals surface area contributed by atoms with Crippen molar-refractivity contribution >= 4 is 0 Å². The molecular formula is C15H19N3O. The van der Waals surface area contributed by atoms with Crippen molar-refractivity contribution in [1.29, 1.82) is 0 Å². The molecule has 2 aromatic heterocycles. The van der Waals surface area contributed by atoms with E-state index >= 15 is 0 Å². The normalized spacial score (nSPS) is 16.7. The van der Waals surface area contributed by atoms with Gasteiger partial charge in [-0.25, -0.2) is 9.97 Å². The molecular weight excluding hydrogens is 238 g/mol. The predicted molar refractivity (Wildman–Crippen MR) is 73.8 cm³/mol. The van der Waals surface area contributed by atoms with Crippen LogP contribution in [-0.2, 0) is 6.42 Å². The van der Waals surface area contributed by atoms with Crippen LogP contribution in [0.2, 0.25) is 0 Å². The van der Waals surface area contributed by atoms with Crippen LogP contribution >= 0.6 is 0 Å². The summed E-state index contributed by atoms with van der Waals surface area (Å²) in [6, 6.07) is 5.83. The van der Waals surface area contributed by atoms with Crippen LogP contribution in [0.4, 0.5) is 0 Å². The fourth-order valence-electron chi connectivity index (χ4n) is 2.55. The summed E-state index contributed by atoms with van der Waals surface area (Å²) >= 11 is 0. The Morgan fingerprint density at radius 3 is 2.84 bits per heavy atom.